The van der Waals surface area contributed by atoms with Crippen LogP contribution in [-0.4, -0.2) is 26.0 Å². The van der Waals surface area contributed by atoms with Crippen molar-refractivity contribution in [2.24, 2.45) is 0 Å². The van der Waals surface area contributed by atoms with E-state index >= 15 is 0 Å². The number of nitrogens with one attached hydrogen (secondary N) is 1. The zero-order valence-electron chi connectivity index (χ0n) is 10.2. The SMILES string of the molecule is CCOC(=O)NS(=O)(=O)c1ccc(C)c([N+](=O)[O-])c1. The summed E-state index contributed by atoms with van der Waals surface area (Å²) in [4.78, 5) is 20.7. The Morgan fingerprint density at radius 3 is 2.63 bits per heavy atom. The molecule has 0 aliphatic carbocycles. The lowest BCUT2D eigenvalue weighted by Gasteiger charge is -2.07. The third-order valence-corrected chi connectivity index (χ3v) is 3.49. The van der Waals surface area contributed by atoms with Crippen LogP contribution in [0.5, 0.6) is 0 Å². The van der Waals surface area contributed by atoms with E-state index in [1.54, 1.807) is 4.72 Å². The molecule has 0 aliphatic rings. The molecule has 0 saturated heterocycles. The summed E-state index contributed by atoms with van der Waals surface area (Å²) in [6, 6.07) is 3.35. The summed E-state index contributed by atoms with van der Waals surface area (Å²) in [6.07, 6.45) is -1.13. The van der Waals surface area contributed by atoms with Gasteiger partial charge in [-0.15, -0.1) is 0 Å². The van der Waals surface area contributed by atoms with Gasteiger partial charge >= 0.3 is 6.09 Å². The fourth-order valence-electron chi connectivity index (χ4n) is 1.28. The molecular formula is C10H12N2O6S. The number of benzene rings is 1. The van der Waals surface area contributed by atoms with Crippen LogP contribution in [0, 0.1) is 17.0 Å². The Morgan fingerprint density at radius 2 is 2.11 bits per heavy atom. The maximum Gasteiger partial charge on any atom is 0.421 e. The van der Waals surface area contributed by atoms with Crippen LogP contribution in [-0.2, 0) is 14.8 Å². The van der Waals surface area contributed by atoms with Crippen molar-refractivity contribution in [2.75, 3.05) is 6.61 Å². The second-order valence-corrected chi connectivity index (χ2v) is 5.21. The number of nitrogens with zero attached hydrogens (tertiary/aromatic N) is 1. The minimum absolute atomic E-state index is 0.00932. The van der Waals surface area contributed by atoms with Crippen molar-refractivity contribution in [2.45, 2.75) is 18.7 Å². The number of hydrogen-bond acceptors (Lipinski definition) is 6. The quantitative estimate of drug-likeness (QED) is 0.660. The molecule has 0 fully saturated rings. The zero-order chi connectivity index (χ0) is 14.6. The van der Waals surface area contributed by atoms with Crippen molar-refractivity contribution < 1.29 is 22.9 Å². The van der Waals surface area contributed by atoms with Crippen molar-refractivity contribution in [3.05, 3.63) is 33.9 Å². The maximum absolute atomic E-state index is 11.8. The summed E-state index contributed by atoms with van der Waals surface area (Å²) in [7, 11) is -4.18. The third-order valence-electron chi connectivity index (χ3n) is 2.18. The number of amides is 1. The van der Waals surface area contributed by atoms with E-state index in [4.69, 9.17) is 0 Å². The highest BCUT2D eigenvalue weighted by atomic mass is 32.2. The summed E-state index contributed by atoms with van der Waals surface area (Å²) in [6.45, 7) is 3.01. The first kappa shape index (κ1) is 14.9. The molecule has 0 spiro atoms. The van der Waals surface area contributed by atoms with E-state index in [2.05, 4.69) is 4.74 Å². The molecule has 1 aromatic rings. The molecule has 19 heavy (non-hydrogen) atoms. The smallest absolute Gasteiger partial charge is 0.421 e. The van der Waals surface area contributed by atoms with Gasteiger partial charge in [-0.2, -0.15) is 0 Å². The molecule has 1 N–H and O–H groups in total. The number of rotatable bonds is 4. The number of nitro benzene ring substituents is 1. The predicted octanol–water partition coefficient (Wildman–Crippen LogP) is 1.34. The fraction of sp³-hybridized carbons (Fsp3) is 0.300. The minimum atomic E-state index is -4.18. The second-order valence-electron chi connectivity index (χ2n) is 3.53. The van der Waals surface area contributed by atoms with Gasteiger partial charge in [-0.3, -0.25) is 10.1 Å². The number of hydrogen-bond donors (Lipinski definition) is 1. The highest BCUT2D eigenvalue weighted by molar-refractivity contribution is 7.90. The number of nitro groups is 1. The van der Waals surface area contributed by atoms with Crippen molar-refractivity contribution in [3.63, 3.8) is 0 Å². The molecule has 0 aromatic heterocycles. The van der Waals surface area contributed by atoms with Gasteiger partial charge < -0.3 is 4.74 Å². The Morgan fingerprint density at radius 1 is 1.47 bits per heavy atom. The molecule has 9 heteroatoms. The second kappa shape index (κ2) is 5.65. The van der Waals surface area contributed by atoms with E-state index in [1.165, 1.54) is 26.0 Å². The van der Waals surface area contributed by atoms with Crippen molar-refractivity contribution in [1.29, 1.82) is 0 Å². The lowest BCUT2D eigenvalue weighted by atomic mass is 10.2. The van der Waals surface area contributed by atoms with Gasteiger partial charge in [-0.25, -0.2) is 17.9 Å². The van der Waals surface area contributed by atoms with Gasteiger partial charge in [0.1, 0.15) is 0 Å². The van der Waals surface area contributed by atoms with E-state index in [0.717, 1.165) is 6.07 Å². The highest BCUT2D eigenvalue weighted by Crippen LogP contribution is 2.21. The molecule has 0 unspecified atom stereocenters. The Hall–Kier alpha value is -2.16. The average Bonchev–Trinajstić information content (AvgIpc) is 2.28. The lowest BCUT2D eigenvalue weighted by Crippen LogP contribution is -2.31. The van der Waals surface area contributed by atoms with Crippen molar-refractivity contribution in [1.82, 2.24) is 4.72 Å². The molecule has 1 rings (SSSR count). The van der Waals surface area contributed by atoms with Gasteiger partial charge in [-0.1, -0.05) is 6.07 Å². The first-order valence-corrected chi connectivity index (χ1v) is 6.71. The third kappa shape index (κ3) is 3.65. The molecule has 0 atom stereocenters. The van der Waals surface area contributed by atoms with Crippen LogP contribution < -0.4 is 4.72 Å². The molecule has 104 valence electrons. The molecule has 0 heterocycles. The highest BCUT2D eigenvalue weighted by Gasteiger charge is 2.22. The standard InChI is InChI=1S/C10H12N2O6S/c1-3-18-10(13)11-19(16,17)8-5-4-7(2)9(6-8)12(14)15/h4-6H,3H2,1-2H3,(H,11,13). The molecule has 1 amide bonds. The number of carbonyl (C=O) groups is 1. The molecule has 0 saturated carbocycles. The van der Waals surface area contributed by atoms with Crippen LogP contribution in [0.2, 0.25) is 0 Å². The number of aryl methyl sites for hydroxylation is 1. The number of sulfonamides is 1. The fourth-order valence-corrected chi connectivity index (χ4v) is 2.19. The topological polar surface area (TPSA) is 116 Å². The van der Waals surface area contributed by atoms with Gasteiger partial charge in [-0.05, 0) is 19.9 Å². The summed E-state index contributed by atoms with van der Waals surface area (Å²) >= 11 is 0. The van der Waals surface area contributed by atoms with Gasteiger partial charge in [0.15, 0.2) is 0 Å². The predicted molar refractivity (Wildman–Crippen MR) is 65.2 cm³/mol. The summed E-state index contributed by atoms with van der Waals surface area (Å²) in [5.74, 6) is 0. The van der Waals surface area contributed by atoms with E-state index in [1.807, 2.05) is 0 Å². The zero-order valence-corrected chi connectivity index (χ0v) is 11.1. The van der Waals surface area contributed by atoms with Gasteiger partial charge in [0.05, 0.1) is 16.4 Å². The van der Waals surface area contributed by atoms with Crippen molar-refractivity contribution >= 4 is 21.8 Å². The number of carbonyl (C=O) groups excluding carboxylic acids is 1. The van der Waals surface area contributed by atoms with Gasteiger partial charge in [0.25, 0.3) is 15.7 Å². The normalized spacial score (nSPS) is 10.8. The minimum Gasteiger partial charge on any atom is -0.449 e. The molecule has 1 aromatic carbocycles. The first-order valence-electron chi connectivity index (χ1n) is 5.22. The van der Waals surface area contributed by atoms with E-state index in [9.17, 15) is 23.3 Å². The van der Waals surface area contributed by atoms with Crippen LogP contribution in [0.25, 0.3) is 0 Å². The van der Waals surface area contributed by atoms with Gasteiger partial charge in [0.2, 0.25) is 0 Å². The Bertz CT molecular complexity index is 610. The van der Waals surface area contributed by atoms with Crippen LogP contribution in [0.15, 0.2) is 23.1 Å². The largest absolute Gasteiger partial charge is 0.449 e. The monoisotopic (exact) mass is 288 g/mol. The average molecular weight is 288 g/mol. The molecule has 8 nitrogen and oxygen atoms in total. The van der Waals surface area contributed by atoms with Crippen molar-refractivity contribution in [3.8, 4) is 0 Å². The number of ether oxygens (including phenoxy) is 1. The summed E-state index contributed by atoms with van der Waals surface area (Å²) in [5.41, 5.74) is -0.0215. The molecule has 0 radical (unpaired) electrons. The van der Waals surface area contributed by atoms with Gasteiger partial charge in [0, 0.05) is 11.6 Å². The molecular weight excluding hydrogens is 276 g/mol. The maximum atomic E-state index is 11.8. The van der Waals surface area contributed by atoms with Crippen LogP contribution in [0.4, 0.5) is 10.5 Å². The Balaban J connectivity index is 3.12. The van der Waals surface area contributed by atoms with Crippen LogP contribution in [0.1, 0.15) is 12.5 Å². The van der Waals surface area contributed by atoms with E-state index in [-0.39, 0.29) is 17.2 Å². The lowest BCUT2D eigenvalue weighted by molar-refractivity contribution is -0.385. The summed E-state index contributed by atoms with van der Waals surface area (Å²) < 4.78 is 29.6. The van der Waals surface area contributed by atoms with E-state index < -0.39 is 21.0 Å². The Labute approximate surface area is 109 Å². The molecule has 0 aliphatic heterocycles. The van der Waals surface area contributed by atoms with Crippen LogP contribution in [0.3, 0.4) is 0 Å². The summed E-state index contributed by atoms with van der Waals surface area (Å²) in [5, 5.41) is 10.7. The van der Waals surface area contributed by atoms with Crippen LogP contribution >= 0.6 is 0 Å². The molecule has 0 bridgehead atoms. The Kier molecular flexibility index (Phi) is 4.43. The van der Waals surface area contributed by atoms with E-state index in [0.29, 0.717) is 5.56 Å². The first-order chi connectivity index (χ1) is 8.77.